The van der Waals surface area contributed by atoms with Crippen LogP contribution in [0.5, 0.6) is 0 Å². The van der Waals surface area contributed by atoms with Crippen molar-refractivity contribution in [3.8, 4) is 0 Å². The molecule has 98 valence electrons. The minimum Gasteiger partial charge on any atom is -0.360 e. The van der Waals surface area contributed by atoms with Crippen molar-refractivity contribution in [2.45, 2.75) is 44.6 Å². The molecule has 0 radical (unpaired) electrons. The highest BCUT2D eigenvalue weighted by Crippen LogP contribution is 2.17. The molecule has 0 aliphatic heterocycles. The van der Waals surface area contributed by atoms with Gasteiger partial charge in [0.2, 0.25) is 0 Å². The van der Waals surface area contributed by atoms with Crippen molar-refractivity contribution in [3.63, 3.8) is 0 Å². The number of rotatable bonds is 2. The van der Waals surface area contributed by atoms with Gasteiger partial charge in [0.1, 0.15) is 5.82 Å². The fourth-order valence-electron chi connectivity index (χ4n) is 2.21. The first-order valence-electron chi connectivity index (χ1n) is 6.43. The van der Waals surface area contributed by atoms with Crippen molar-refractivity contribution < 1.29 is 0 Å². The van der Waals surface area contributed by atoms with Crippen LogP contribution < -0.4 is 10.6 Å². The molecule has 1 fully saturated rings. The molecule has 5 heteroatoms. The van der Waals surface area contributed by atoms with E-state index in [-0.39, 0.29) is 0 Å². The smallest absolute Gasteiger partial charge is 0.172 e. The molecule has 1 aromatic heterocycles. The molecule has 1 saturated carbocycles. The zero-order chi connectivity index (χ0) is 12.8. The summed E-state index contributed by atoms with van der Waals surface area (Å²) < 4.78 is 0.968. The van der Waals surface area contributed by atoms with Gasteiger partial charge >= 0.3 is 0 Å². The van der Waals surface area contributed by atoms with Crippen molar-refractivity contribution in [3.05, 3.63) is 22.8 Å². The second-order valence-corrected chi connectivity index (χ2v) is 5.97. The summed E-state index contributed by atoms with van der Waals surface area (Å²) >= 11 is 8.68. The van der Waals surface area contributed by atoms with Crippen molar-refractivity contribution in [1.82, 2.24) is 10.3 Å². The number of hydrogen-bond acceptors (Lipinski definition) is 2. The molecule has 0 unspecified atom stereocenters. The third kappa shape index (κ3) is 4.53. The zero-order valence-electron chi connectivity index (χ0n) is 10.3. The molecule has 18 heavy (non-hydrogen) atoms. The van der Waals surface area contributed by atoms with Crippen LogP contribution in [0.1, 0.15) is 38.5 Å². The van der Waals surface area contributed by atoms with E-state index in [0.29, 0.717) is 11.2 Å². The van der Waals surface area contributed by atoms with Crippen molar-refractivity contribution >= 4 is 39.1 Å². The van der Waals surface area contributed by atoms with Crippen LogP contribution in [-0.4, -0.2) is 16.1 Å². The number of hydrogen-bond donors (Lipinski definition) is 2. The van der Waals surface area contributed by atoms with E-state index < -0.39 is 0 Å². The maximum atomic E-state index is 5.32. The molecule has 2 N–H and O–H groups in total. The van der Waals surface area contributed by atoms with Crippen LogP contribution in [-0.2, 0) is 0 Å². The normalized spacial score (nSPS) is 16.9. The Bertz CT molecular complexity index is 386. The number of thiocarbonyl (C=S) groups is 1. The highest BCUT2D eigenvalue weighted by molar-refractivity contribution is 9.10. The summed E-state index contributed by atoms with van der Waals surface area (Å²) in [6, 6.07) is 4.37. The van der Waals surface area contributed by atoms with Crippen LogP contribution in [0, 0.1) is 0 Å². The van der Waals surface area contributed by atoms with Gasteiger partial charge in [-0.25, -0.2) is 4.98 Å². The highest BCUT2D eigenvalue weighted by atomic mass is 79.9. The average molecular weight is 328 g/mol. The molecular formula is C13H18BrN3S. The Kier molecular flexibility index (Phi) is 5.38. The SMILES string of the molecule is S=C(Nc1ccc(Br)cn1)NC1CCCCCC1. The van der Waals surface area contributed by atoms with Crippen molar-refractivity contribution in [1.29, 1.82) is 0 Å². The lowest BCUT2D eigenvalue weighted by Crippen LogP contribution is -2.37. The molecule has 1 aliphatic carbocycles. The minimum atomic E-state index is 0.517. The Morgan fingerprint density at radius 1 is 1.22 bits per heavy atom. The lowest BCUT2D eigenvalue weighted by atomic mass is 10.1. The van der Waals surface area contributed by atoms with Gasteiger partial charge in [-0.05, 0) is 53.1 Å². The Labute approximate surface area is 122 Å². The number of anilines is 1. The van der Waals surface area contributed by atoms with Gasteiger partial charge in [0.15, 0.2) is 5.11 Å². The van der Waals surface area contributed by atoms with Gasteiger partial charge in [0, 0.05) is 16.7 Å². The Balaban J connectivity index is 1.82. The summed E-state index contributed by atoms with van der Waals surface area (Å²) in [5, 5.41) is 7.19. The quantitative estimate of drug-likeness (QED) is 0.639. The van der Waals surface area contributed by atoms with Crippen LogP contribution in [0.25, 0.3) is 0 Å². The molecule has 3 nitrogen and oxygen atoms in total. The van der Waals surface area contributed by atoms with Gasteiger partial charge in [-0.2, -0.15) is 0 Å². The predicted molar refractivity (Wildman–Crippen MR) is 82.8 cm³/mol. The summed E-state index contributed by atoms with van der Waals surface area (Å²) in [7, 11) is 0. The Hall–Kier alpha value is -0.680. The summed E-state index contributed by atoms with van der Waals surface area (Å²) in [5.41, 5.74) is 0. The molecule has 0 saturated heterocycles. The van der Waals surface area contributed by atoms with Gasteiger partial charge < -0.3 is 10.6 Å². The summed E-state index contributed by atoms with van der Waals surface area (Å²) in [6.45, 7) is 0. The first kappa shape index (κ1) is 13.7. The maximum absolute atomic E-state index is 5.32. The molecular weight excluding hydrogens is 310 g/mol. The average Bonchev–Trinajstić information content (AvgIpc) is 2.61. The number of aromatic nitrogens is 1. The fraction of sp³-hybridized carbons (Fsp3) is 0.538. The maximum Gasteiger partial charge on any atom is 0.172 e. The Morgan fingerprint density at radius 2 is 1.94 bits per heavy atom. The third-order valence-electron chi connectivity index (χ3n) is 3.16. The summed E-state index contributed by atoms with van der Waals surface area (Å²) in [6.07, 6.45) is 9.51. The number of nitrogens with zero attached hydrogens (tertiary/aromatic N) is 1. The van der Waals surface area contributed by atoms with Crippen molar-refractivity contribution in [2.24, 2.45) is 0 Å². The van der Waals surface area contributed by atoms with Crippen LogP contribution in [0.2, 0.25) is 0 Å². The van der Waals surface area contributed by atoms with E-state index in [1.807, 2.05) is 12.1 Å². The minimum absolute atomic E-state index is 0.517. The standard InChI is InChI=1S/C13H18BrN3S/c14-10-7-8-12(15-9-10)17-13(18)16-11-5-3-1-2-4-6-11/h7-9,11H,1-6H2,(H2,15,16,17,18). The highest BCUT2D eigenvalue weighted by Gasteiger charge is 2.12. The molecule has 0 aromatic carbocycles. The van der Waals surface area contributed by atoms with Gasteiger partial charge in [-0.1, -0.05) is 25.7 Å². The van der Waals surface area contributed by atoms with E-state index in [9.17, 15) is 0 Å². The topological polar surface area (TPSA) is 37.0 Å². The number of pyridine rings is 1. The summed E-state index contributed by atoms with van der Waals surface area (Å²) in [5.74, 6) is 0.782. The van der Waals surface area contributed by atoms with E-state index in [2.05, 4.69) is 31.5 Å². The van der Waals surface area contributed by atoms with E-state index >= 15 is 0 Å². The second kappa shape index (κ2) is 7.04. The van der Waals surface area contributed by atoms with Gasteiger partial charge in [-0.15, -0.1) is 0 Å². The zero-order valence-corrected chi connectivity index (χ0v) is 12.7. The van der Waals surface area contributed by atoms with Crippen LogP contribution in [0.15, 0.2) is 22.8 Å². The Morgan fingerprint density at radius 3 is 2.56 bits per heavy atom. The molecule has 1 aliphatic rings. The molecule has 0 atom stereocenters. The number of nitrogens with one attached hydrogen (secondary N) is 2. The molecule has 2 rings (SSSR count). The lowest BCUT2D eigenvalue weighted by molar-refractivity contribution is 0.535. The van der Waals surface area contributed by atoms with Crippen molar-refractivity contribution in [2.75, 3.05) is 5.32 Å². The first-order valence-corrected chi connectivity index (χ1v) is 7.63. The van der Waals surface area contributed by atoms with Crippen LogP contribution in [0.4, 0.5) is 5.82 Å². The molecule has 0 spiro atoms. The van der Waals surface area contributed by atoms with E-state index in [1.165, 1.54) is 38.5 Å². The molecule has 1 heterocycles. The van der Waals surface area contributed by atoms with E-state index in [4.69, 9.17) is 12.2 Å². The summed E-state index contributed by atoms with van der Waals surface area (Å²) in [4.78, 5) is 4.24. The number of halogens is 1. The van der Waals surface area contributed by atoms with Gasteiger partial charge in [0.25, 0.3) is 0 Å². The fourth-order valence-corrected chi connectivity index (χ4v) is 2.72. The van der Waals surface area contributed by atoms with E-state index in [1.54, 1.807) is 6.20 Å². The van der Waals surface area contributed by atoms with Gasteiger partial charge in [-0.3, -0.25) is 0 Å². The predicted octanol–water partition coefficient (Wildman–Crippen LogP) is 3.85. The van der Waals surface area contributed by atoms with E-state index in [0.717, 1.165) is 10.3 Å². The first-order chi connectivity index (χ1) is 8.74. The van der Waals surface area contributed by atoms with Crippen LogP contribution in [0.3, 0.4) is 0 Å². The largest absolute Gasteiger partial charge is 0.360 e. The lowest BCUT2D eigenvalue weighted by Gasteiger charge is -2.18. The molecule has 0 bridgehead atoms. The van der Waals surface area contributed by atoms with Gasteiger partial charge in [0.05, 0.1) is 0 Å². The van der Waals surface area contributed by atoms with Crippen LogP contribution >= 0.6 is 28.1 Å². The second-order valence-electron chi connectivity index (χ2n) is 4.65. The third-order valence-corrected chi connectivity index (χ3v) is 3.85. The molecule has 1 aromatic rings. The monoisotopic (exact) mass is 327 g/mol. The molecule has 0 amide bonds.